The summed E-state index contributed by atoms with van der Waals surface area (Å²) in [6, 6.07) is 12.4. The van der Waals surface area contributed by atoms with Gasteiger partial charge in [-0.05, 0) is 55.6 Å². The summed E-state index contributed by atoms with van der Waals surface area (Å²) in [6.07, 6.45) is 0.905. The molecule has 1 aliphatic heterocycles. The van der Waals surface area contributed by atoms with Gasteiger partial charge in [-0.2, -0.15) is 5.10 Å². The number of benzene rings is 2. The van der Waals surface area contributed by atoms with Gasteiger partial charge in [0.2, 0.25) is 5.91 Å². The zero-order valence-corrected chi connectivity index (χ0v) is 24.6. The fourth-order valence-electron chi connectivity index (χ4n) is 5.17. The van der Waals surface area contributed by atoms with Gasteiger partial charge in [0.25, 0.3) is 5.91 Å². The summed E-state index contributed by atoms with van der Waals surface area (Å²) in [7, 11) is 1.79. The maximum atomic E-state index is 13.4. The third kappa shape index (κ3) is 6.78. The number of hydrogen-bond acceptors (Lipinski definition) is 6. The van der Waals surface area contributed by atoms with Crippen molar-refractivity contribution < 1.29 is 9.59 Å². The second kappa shape index (κ2) is 13.9. The van der Waals surface area contributed by atoms with Crippen molar-refractivity contribution in [2.75, 3.05) is 44.7 Å². The molecule has 9 nitrogen and oxygen atoms in total. The zero-order valence-electron chi connectivity index (χ0n) is 23.8. The van der Waals surface area contributed by atoms with Crippen LogP contribution in [0.5, 0.6) is 0 Å². The average Bonchev–Trinajstić information content (AvgIpc) is 3.51. The van der Waals surface area contributed by atoms with E-state index in [4.69, 9.17) is 5.10 Å². The van der Waals surface area contributed by atoms with E-state index in [0.717, 1.165) is 41.7 Å². The number of nitrogens with zero attached hydrogens (tertiary/aromatic N) is 5. The summed E-state index contributed by atoms with van der Waals surface area (Å²) in [5.41, 5.74) is 6.51. The maximum Gasteiger partial charge on any atom is 0.250 e. The highest BCUT2D eigenvalue weighted by Crippen LogP contribution is 2.29. The lowest BCUT2D eigenvalue weighted by atomic mass is 10.1. The minimum absolute atomic E-state index is 0. The van der Waals surface area contributed by atoms with E-state index in [0.29, 0.717) is 26.2 Å². The highest BCUT2D eigenvalue weighted by Gasteiger charge is 2.25. The highest BCUT2D eigenvalue weighted by atomic mass is 35.5. The molecule has 39 heavy (non-hydrogen) atoms. The number of amides is 2. The molecule has 0 fully saturated rings. The van der Waals surface area contributed by atoms with Crippen LogP contribution >= 0.6 is 12.4 Å². The van der Waals surface area contributed by atoms with E-state index in [2.05, 4.69) is 49.6 Å². The molecule has 0 radical (unpaired) electrons. The van der Waals surface area contributed by atoms with Gasteiger partial charge in [0.05, 0.1) is 18.6 Å². The average molecular weight is 556 g/mol. The van der Waals surface area contributed by atoms with Crippen LogP contribution in [0.4, 0.5) is 5.69 Å². The smallest absolute Gasteiger partial charge is 0.250 e. The van der Waals surface area contributed by atoms with E-state index in [9.17, 15) is 9.59 Å². The number of hydrazine groups is 1. The van der Waals surface area contributed by atoms with Gasteiger partial charge in [-0.1, -0.05) is 38.1 Å². The molecule has 2 N–H and O–H groups in total. The van der Waals surface area contributed by atoms with Crippen molar-refractivity contribution in [1.29, 1.82) is 0 Å². The number of halogens is 1. The summed E-state index contributed by atoms with van der Waals surface area (Å²) in [5, 5.41) is 16.0. The first-order valence-corrected chi connectivity index (χ1v) is 13.7. The van der Waals surface area contributed by atoms with Crippen molar-refractivity contribution in [2.45, 2.75) is 53.8 Å². The van der Waals surface area contributed by atoms with Gasteiger partial charge in [0, 0.05) is 56.5 Å². The number of nitrogens with one attached hydrogen (secondary N) is 2. The quantitative estimate of drug-likeness (QED) is 0.334. The van der Waals surface area contributed by atoms with E-state index >= 15 is 0 Å². The van der Waals surface area contributed by atoms with Gasteiger partial charge in [-0.3, -0.25) is 24.6 Å². The largest absolute Gasteiger partial charge is 0.315 e. The van der Waals surface area contributed by atoms with Gasteiger partial charge >= 0.3 is 0 Å². The maximum absolute atomic E-state index is 13.4. The van der Waals surface area contributed by atoms with Crippen LogP contribution in [-0.4, -0.2) is 71.4 Å². The molecule has 0 saturated carbocycles. The van der Waals surface area contributed by atoms with Crippen LogP contribution in [0.2, 0.25) is 0 Å². The number of likely N-dealkylation sites (N-methyl/N-ethyl adjacent to an activating group) is 2. The minimum atomic E-state index is -0.0698. The zero-order chi connectivity index (χ0) is 27.2. The molecule has 212 valence electrons. The van der Waals surface area contributed by atoms with Crippen molar-refractivity contribution in [3.05, 3.63) is 58.8 Å². The predicted molar refractivity (Wildman–Crippen MR) is 159 cm³/mol. The monoisotopic (exact) mass is 555 g/mol. The Hall–Kier alpha value is -2.98. The van der Waals surface area contributed by atoms with Crippen LogP contribution in [0, 0.1) is 6.92 Å². The van der Waals surface area contributed by atoms with Crippen LogP contribution in [-0.2, 0) is 35.6 Å². The minimum Gasteiger partial charge on any atom is -0.315 e. The Bertz CT molecular complexity index is 1270. The van der Waals surface area contributed by atoms with E-state index < -0.39 is 0 Å². The Labute approximate surface area is 237 Å². The van der Waals surface area contributed by atoms with E-state index in [1.807, 2.05) is 39.7 Å². The van der Waals surface area contributed by atoms with Gasteiger partial charge in [-0.25, -0.2) is 5.01 Å². The van der Waals surface area contributed by atoms with Crippen LogP contribution in [0.15, 0.2) is 36.4 Å². The number of carbonyl (C=O) groups is 2. The van der Waals surface area contributed by atoms with Crippen molar-refractivity contribution in [3.63, 3.8) is 0 Å². The summed E-state index contributed by atoms with van der Waals surface area (Å²) >= 11 is 0. The molecule has 4 rings (SSSR count). The van der Waals surface area contributed by atoms with E-state index in [-0.39, 0.29) is 37.3 Å². The highest BCUT2D eigenvalue weighted by molar-refractivity contribution is 5.98. The third-order valence-electron chi connectivity index (χ3n) is 7.32. The number of fused-ring (bicyclic) bond motifs is 2. The number of carbonyl (C=O) groups excluding carboxylic acids is 2. The Balaban J connectivity index is 0.00000420. The first kappa shape index (κ1) is 30.6. The number of hydrogen-bond donors (Lipinski definition) is 2. The lowest BCUT2D eigenvalue weighted by Crippen LogP contribution is -2.47. The molecule has 1 aliphatic rings. The van der Waals surface area contributed by atoms with Crippen molar-refractivity contribution in [1.82, 2.24) is 30.4 Å². The van der Waals surface area contributed by atoms with Crippen molar-refractivity contribution in [3.8, 4) is 0 Å². The number of aryl methyl sites for hydroxylation is 3. The van der Waals surface area contributed by atoms with Crippen molar-refractivity contribution in [2.24, 2.45) is 0 Å². The SMILES string of the molecule is CCNCCN(C(=O)CNCC(=O)N(C)N1Cc2ccccc2C1)c1cc2nn(CC)c(CC)c2cc1C.Cl. The fraction of sp³-hybridized carbons (Fsp3) is 0.483. The van der Waals surface area contributed by atoms with Gasteiger partial charge in [0.1, 0.15) is 0 Å². The Morgan fingerprint density at radius 3 is 2.28 bits per heavy atom. The topological polar surface area (TPSA) is 85.7 Å². The molecular formula is C29H42ClN7O2. The number of anilines is 1. The Morgan fingerprint density at radius 1 is 1.00 bits per heavy atom. The molecule has 2 aromatic carbocycles. The molecule has 0 bridgehead atoms. The molecule has 3 aromatic rings. The molecule has 0 unspecified atom stereocenters. The summed E-state index contributed by atoms with van der Waals surface area (Å²) in [6.45, 7) is 12.8. The standard InChI is InChI=1S/C29H41N7O2.ClH/c1-6-26-24-15-21(4)27(16-25(24)32-36(26)8-3)35(14-13-30-7-2)29(38)18-31-17-28(37)33(5)34-19-22-11-9-10-12-23(22)20-34;/h9-12,15-16,30-31H,6-8,13-14,17-20H2,1-5H3;1H. The molecule has 0 atom stereocenters. The van der Waals surface area contributed by atoms with Gasteiger partial charge < -0.3 is 10.2 Å². The molecule has 0 aliphatic carbocycles. The molecule has 2 heterocycles. The lowest BCUT2D eigenvalue weighted by molar-refractivity contribution is -0.145. The molecule has 10 heteroatoms. The second-order valence-corrected chi connectivity index (χ2v) is 9.78. The predicted octanol–water partition coefficient (Wildman–Crippen LogP) is 3.27. The summed E-state index contributed by atoms with van der Waals surface area (Å²) in [5.74, 6) is -0.139. The van der Waals surface area contributed by atoms with Crippen LogP contribution in [0.25, 0.3) is 10.9 Å². The first-order chi connectivity index (χ1) is 18.4. The number of rotatable bonds is 12. The van der Waals surface area contributed by atoms with Crippen LogP contribution in [0.1, 0.15) is 43.2 Å². The Morgan fingerprint density at radius 2 is 1.67 bits per heavy atom. The van der Waals surface area contributed by atoms with E-state index in [1.54, 1.807) is 12.1 Å². The first-order valence-electron chi connectivity index (χ1n) is 13.7. The third-order valence-corrected chi connectivity index (χ3v) is 7.32. The van der Waals surface area contributed by atoms with Crippen LogP contribution < -0.4 is 15.5 Å². The molecule has 2 amide bonds. The fourth-order valence-corrected chi connectivity index (χ4v) is 5.17. The molecule has 1 aromatic heterocycles. The molecule has 0 spiro atoms. The van der Waals surface area contributed by atoms with Gasteiger partial charge in [-0.15, -0.1) is 12.4 Å². The lowest BCUT2D eigenvalue weighted by Gasteiger charge is -2.28. The molecule has 0 saturated heterocycles. The number of aromatic nitrogens is 2. The van der Waals surface area contributed by atoms with Gasteiger partial charge in [0.15, 0.2) is 0 Å². The van der Waals surface area contributed by atoms with Crippen molar-refractivity contribution >= 4 is 40.8 Å². The normalized spacial score (nSPS) is 12.8. The molecular weight excluding hydrogens is 514 g/mol. The summed E-state index contributed by atoms with van der Waals surface area (Å²) < 4.78 is 2.04. The second-order valence-electron chi connectivity index (χ2n) is 9.78. The van der Waals surface area contributed by atoms with E-state index in [1.165, 1.54) is 16.8 Å². The van der Waals surface area contributed by atoms with Crippen LogP contribution in [0.3, 0.4) is 0 Å². The summed E-state index contributed by atoms with van der Waals surface area (Å²) in [4.78, 5) is 28.1. The Kier molecular flexibility index (Phi) is 10.9.